The van der Waals surface area contributed by atoms with Crippen LogP contribution in [0.1, 0.15) is 84.9 Å². The lowest BCUT2D eigenvalue weighted by atomic mass is 9.84. The molecule has 12 nitrogen and oxygen atoms in total. The highest BCUT2D eigenvalue weighted by atomic mass is 32.2. The van der Waals surface area contributed by atoms with Crippen LogP contribution in [0.5, 0.6) is 0 Å². The van der Waals surface area contributed by atoms with E-state index in [1.165, 1.54) is 11.9 Å². The molecule has 1 heterocycles. The molecule has 0 bridgehead atoms. The zero-order valence-corrected chi connectivity index (χ0v) is 33.8. The molecule has 52 heavy (non-hydrogen) atoms. The number of carbonyl (C=O) groups is 4. The van der Waals surface area contributed by atoms with Gasteiger partial charge in [0.2, 0.25) is 34.2 Å². The number of nitrogens with zero attached hydrogens (tertiary/aromatic N) is 2. The predicted molar refractivity (Wildman–Crippen MR) is 199 cm³/mol. The van der Waals surface area contributed by atoms with E-state index in [2.05, 4.69) is 21.3 Å². The number of alkyl halides is 2. The summed E-state index contributed by atoms with van der Waals surface area (Å²) in [6.45, 7) is 19.0. The van der Waals surface area contributed by atoms with E-state index in [-0.39, 0.29) is 31.5 Å². The third-order valence-electron chi connectivity index (χ3n) is 9.84. The molecule has 2 rings (SSSR count). The van der Waals surface area contributed by atoms with Gasteiger partial charge < -0.3 is 26.2 Å². The summed E-state index contributed by atoms with van der Waals surface area (Å²) in [5.41, 5.74) is 1.76. The van der Waals surface area contributed by atoms with Crippen molar-refractivity contribution in [1.29, 1.82) is 0 Å². The van der Waals surface area contributed by atoms with Gasteiger partial charge in [-0.3, -0.25) is 14.4 Å². The van der Waals surface area contributed by atoms with E-state index in [1.807, 2.05) is 66.7 Å². The fourth-order valence-electron chi connectivity index (χ4n) is 6.41. The molecule has 15 heteroatoms. The molecule has 1 aliphatic heterocycles. The summed E-state index contributed by atoms with van der Waals surface area (Å²) in [5, 5.41) is 10.8. The van der Waals surface area contributed by atoms with Crippen LogP contribution in [-0.2, 0) is 30.8 Å². The number of hydrogen-bond donors (Lipinski definition) is 4. The first-order valence-electron chi connectivity index (χ1n) is 17.9. The summed E-state index contributed by atoms with van der Waals surface area (Å²) in [6, 6.07) is 0.896. The molecule has 0 aliphatic carbocycles. The Bertz CT molecular complexity index is 1520. The van der Waals surface area contributed by atoms with Crippen molar-refractivity contribution < 1.29 is 36.4 Å². The predicted octanol–water partition coefficient (Wildman–Crippen LogP) is 4.00. The number of urea groups is 1. The second-order valence-electron chi connectivity index (χ2n) is 16.7. The van der Waals surface area contributed by atoms with E-state index in [4.69, 9.17) is 0 Å². The SMILES string of the molecule is Cc1ccc(CCNC(=O)[C@H](CC(F)F)NC(=O)[C@@H]2[C@@H](C(C)C)CCN2C(=O)[C@@H](NC(=O)N[C@H](CN(C)S(C)(=O)=O)C(C)(C)C)C(C)(C)C)c(C)c1. The van der Waals surface area contributed by atoms with Crippen molar-refractivity contribution in [3.8, 4) is 0 Å². The molecule has 296 valence electrons. The van der Waals surface area contributed by atoms with Crippen molar-refractivity contribution in [2.24, 2.45) is 22.7 Å². The summed E-state index contributed by atoms with van der Waals surface area (Å²) in [5.74, 6) is -2.40. The number of benzene rings is 1. The van der Waals surface area contributed by atoms with Gasteiger partial charge in [0, 0.05) is 39.1 Å². The Morgan fingerprint density at radius 1 is 0.981 bits per heavy atom. The number of amides is 5. The molecule has 1 aliphatic rings. The number of rotatable bonds is 15. The van der Waals surface area contributed by atoms with Gasteiger partial charge in [-0.05, 0) is 60.5 Å². The summed E-state index contributed by atoms with van der Waals surface area (Å²) in [6.07, 6.45) is -1.77. The Labute approximate surface area is 309 Å². The maximum atomic E-state index is 14.3. The van der Waals surface area contributed by atoms with Gasteiger partial charge in [-0.1, -0.05) is 79.2 Å². The monoisotopic (exact) mass is 756 g/mol. The number of nitrogens with one attached hydrogen (secondary N) is 4. The normalized spacial score (nSPS) is 18.7. The second kappa shape index (κ2) is 18.1. The number of likely N-dealkylation sites (tertiary alicyclic amines) is 1. The maximum absolute atomic E-state index is 14.3. The van der Waals surface area contributed by atoms with Crippen LogP contribution < -0.4 is 21.3 Å². The molecule has 0 saturated carbocycles. The van der Waals surface area contributed by atoms with E-state index in [0.717, 1.165) is 27.3 Å². The average Bonchev–Trinajstić information content (AvgIpc) is 3.44. The van der Waals surface area contributed by atoms with E-state index < -0.39 is 81.6 Å². The molecule has 0 spiro atoms. The molecule has 1 saturated heterocycles. The Balaban J connectivity index is 2.30. The van der Waals surface area contributed by atoms with Crippen molar-refractivity contribution in [2.75, 3.05) is 32.9 Å². The van der Waals surface area contributed by atoms with Gasteiger partial charge >= 0.3 is 6.03 Å². The smallest absolute Gasteiger partial charge is 0.315 e. The highest BCUT2D eigenvalue weighted by molar-refractivity contribution is 7.88. The topological polar surface area (TPSA) is 157 Å². The first kappa shape index (κ1) is 44.8. The molecular weight excluding hydrogens is 695 g/mol. The Morgan fingerprint density at radius 3 is 2.10 bits per heavy atom. The summed E-state index contributed by atoms with van der Waals surface area (Å²) in [7, 11) is -2.12. The molecule has 0 radical (unpaired) electrons. The van der Waals surface area contributed by atoms with E-state index in [9.17, 15) is 36.4 Å². The number of carbonyl (C=O) groups excluding carboxylic acids is 4. The van der Waals surface area contributed by atoms with Gasteiger partial charge in [0.1, 0.15) is 18.1 Å². The number of halogens is 2. The van der Waals surface area contributed by atoms with Gasteiger partial charge in [0.15, 0.2) is 0 Å². The first-order valence-corrected chi connectivity index (χ1v) is 19.8. The summed E-state index contributed by atoms with van der Waals surface area (Å²) in [4.78, 5) is 56.4. The van der Waals surface area contributed by atoms with Crippen LogP contribution in [0, 0.1) is 36.5 Å². The average molecular weight is 757 g/mol. The fraction of sp³-hybridized carbons (Fsp3) is 0.730. The molecular formula is C37H62F2N6O6S. The third-order valence-corrected chi connectivity index (χ3v) is 11.1. The van der Waals surface area contributed by atoms with Crippen LogP contribution in [0.4, 0.5) is 13.6 Å². The molecule has 1 aromatic rings. The van der Waals surface area contributed by atoms with E-state index in [1.54, 1.807) is 20.8 Å². The molecule has 1 fully saturated rings. The van der Waals surface area contributed by atoms with Crippen LogP contribution in [0.25, 0.3) is 0 Å². The van der Waals surface area contributed by atoms with Crippen molar-refractivity contribution >= 4 is 33.8 Å². The minimum atomic E-state index is -3.54. The lowest BCUT2D eigenvalue weighted by Gasteiger charge is -2.38. The quantitative estimate of drug-likeness (QED) is 0.212. The van der Waals surface area contributed by atoms with Gasteiger partial charge in [0.05, 0.1) is 6.26 Å². The van der Waals surface area contributed by atoms with Crippen LogP contribution in [0.2, 0.25) is 0 Å². The van der Waals surface area contributed by atoms with Crippen molar-refractivity contribution in [3.63, 3.8) is 0 Å². The molecule has 5 atom stereocenters. The van der Waals surface area contributed by atoms with Gasteiger partial charge in [-0.2, -0.15) is 0 Å². The zero-order valence-electron chi connectivity index (χ0n) is 33.0. The number of hydrogen-bond acceptors (Lipinski definition) is 6. The lowest BCUT2D eigenvalue weighted by molar-refractivity contribution is -0.144. The van der Waals surface area contributed by atoms with Crippen molar-refractivity contribution in [3.05, 3.63) is 34.9 Å². The second-order valence-corrected chi connectivity index (χ2v) is 18.8. The van der Waals surface area contributed by atoms with E-state index >= 15 is 0 Å². The molecule has 0 unspecified atom stereocenters. The minimum Gasteiger partial charge on any atom is -0.354 e. The number of aryl methyl sites for hydroxylation is 2. The molecule has 0 aromatic heterocycles. The highest BCUT2D eigenvalue weighted by Crippen LogP contribution is 2.33. The molecule has 1 aromatic carbocycles. The van der Waals surface area contributed by atoms with Gasteiger partial charge in [0.25, 0.3) is 0 Å². The van der Waals surface area contributed by atoms with Crippen LogP contribution in [-0.4, -0.2) is 105 Å². The first-order chi connectivity index (χ1) is 23.7. The van der Waals surface area contributed by atoms with Crippen LogP contribution in [0.15, 0.2) is 18.2 Å². The Kier molecular flexibility index (Phi) is 15.6. The minimum absolute atomic E-state index is 0.00667. The van der Waals surface area contributed by atoms with E-state index in [0.29, 0.717) is 12.8 Å². The Morgan fingerprint density at radius 2 is 1.60 bits per heavy atom. The van der Waals surface area contributed by atoms with Crippen LogP contribution >= 0.6 is 0 Å². The summed E-state index contributed by atoms with van der Waals surface area (Å²) < 4.78 is 52.8. The number of sulfonamides is 1. The maximum Gasteiger partial charge on any atom is 0.315 e. The molecule has 5 amide bonds. The third kappa shape index (κ3) is 13.0. The van der Waals surface area contributed by atoms with Gasteiger partial charge in [-0.25, -0.2) is 26.3 Å². The molecule has 4 N–H and O–H groups in total. The summed E-state index contributed by atoms with van der Waals surface area (Å²) >= 11 is 0. The fourth-order valence-corrected chi connectivity index (χ4v) is 6.83. The van der Waals surface area contributed by atoms with Gasteiger partial charge in [-0.15, -0.1) is 0 Å². The highest BCUT2D eigenvalue weighted by Gasteiger charge is 2.48. The lowest BCUT2D eigenvalue weighted by Crippen LogP contribution is -2.62. The van der Waals surface area contributed by atoms with Crippen LogP contribution in [0.3, 0.4) is 0 Å². The largest absolute Gasteiger partial charge is 0.354 e. The van der Waals surface area contributed by atoms with Crippen molar-refractivity contribution in [1.82, 2.24) is 30.5 Å². The number of likely N-dealkylation sites (N-methyl/N-ethyl adjacent to an activating group) is 1. The van der Waals surface area contributed by atoms with Crippen molar-refractivity contribution in [2.45, 2.75) is 119 Å². The Hall–Kier alpha value is -3.33. The zero-order chi connectivity index (χ0) is 39.9. The standard InChI is InChI=1S/C37H62F2N6O6S/c1-22(2)26-16-18-45(34(48)31(37(8,9)10)43-35(49)42-28(36(5,6)7)21-44(11)52(12,50)51)30(26)33(47)41-27(20-29(38)39)32(46)40-17-15-25-14-13-23(3)19-24(25)4/h13-14,19,22,26-31H,15-18,20-21H2,1-12H3,(H,40,46)(H,41,47)(H2,42,43,49)/t26-,27+,28-,30+,31-/m1/s1.